The van der Waals surface area contributed by atoms with E-state index in [1.807, 2.05) is 6.92 Å². The van der Waals surface area contributed by atoms with Gasteiger partial charge in [0.05, 0.1) is 18.4 Å². The van der Waals surface area contributed by atoms with Crippen LogP contribution in [0, 0.1) is 11.3 Å². The third kappa shape index (κ3) is 2.51. The zero-order valence-corrected chi connectivity index (χ0v) is 14.4. The van der Waals surface area contributed by atoms with Gasteiger partial charge in [-0.15, -0.1) is 0 Å². The average molecular weight is 346 g/mol. The number of carbonyl (C=O) groups is 2. The lowest BCUT2D eigenvalue weighted by Crippen LogP contribution is -2.33. The first-order valence-corrected chi connectivity index (χ1v) is 8.72. The molecule has 0 radical (unpaired) electrons. The topological polar surface area (TPSA) is 82.1 Å². The highest BCUT2D eigenvalue weighted by Gasteiger charge is 2.53. The van der Waals surface area contributed by atoms with Crippen LogP contribution in [0.15, 0.2) is 34.6 Å². The monoisotopic (exact) mass is 346 g/mol. The van der Waals surface area contributed by atoms with Gasteiger partial charge >= 0.3 is 11.9 Å². The molecule has 1 N–H and O–H groups in total. The van der Waals surface area contributed by atoms with Crippen molar-refractivity contribution in [1.82, 2.24) is 0 Å². The molecule has 0 aromatic heterocycles. The van der Waals surface area contributed by atoms with Crippen molar-refractivity contribution in [2.24, 2.45) is 11.3 Å². The van der Waals surface area contributed by atoms with Crippen molar-refractivity contribution < 1.29 is 28.9 Å². The number of aliphatic hydroxyl groups is 1. The molecular weight excluding hydrogens is 324 g/mol. The van der Waals surface area contributed by atoms with Gasteiger partial charge in [0, 0.05) is 23.0 Å². The number of allylic oxidation sites excluding steroid dienone is 1. The van der Waals surface area contributed by atoms with Crippen molar-refractivity contribution in [2.45, 2.75) is 51.9 Å². The molecule has 0 aromatic rings. The smallest absolute Gasteiger partial charge is 0.338 e. The quantitative estimate of drug-likeness (QED) is 0.365. The Morgan fingerprint density at radius 2 is 2.16 bits per heavy atom. The predicted molar refractivity (Wildman–Crippen MR) is 86.9 cm³/mol. The summed E-state index contributed by atoms with van der Waals surface area (Å²) in [5.74, 6) is -0.881. The van der Waals surface area contributed by atoms with E-state index in [1.54, 1.807) is 13.0 Å². The normalized spacial score (nSPS) is 38.4. The van der Waals surface area contributed by atoms with E-state index < -0.39 is 18.2 Å². The number of rotatable bonds is 3. The van der Waals surface area contributed by atoms with Crippen LogP contribution in [0.4, 0.5) is 0 Å². The summed E-state index contributed by atoms with van der Waals surface area (Å²) in [7, 11) is 0. The Morgan fingerprint density at radius 3 is 2.84 bits per heavy atom. The molecule has 0 bridgehead atoms. The first-order valence-electron chi connectivity index (χ1n) is 8.72. The molecule has 4 atom stereocenters. The zero-order valence-electron chi connectivity index (χ0n) is 14.4. The Labute approximate surface area is 146 Å². The van der Waals surface area contributed by atoms with Crippen LogP contribution in [0.5, 0.6) is 0 Å². The summed E-state index contributed by atoms with van der Waals surface area (Å²) in [6.45, 7) is 3.76. The third-order valence-electron chi connectivity index (χ3n) is 5.83. The molecule has 6 heteroatoms. The van der Waals surface area contributed by atoms with Gasteiger partial charge < -0.3 is 19.3 Å². The highest BCUT2D eigenvalue weighted by molar-refractivity contribution is 5.92. The van der Waals surface area contributed by atoms with Gasteiger partial charge in [0.25, 0.3) is 6.29 Å². The third-order valence-corrected chi connectivity index (χ3v) is 5.83. The number of cyclic esters (lactones) is 1. The number of hydrogen-bond acceptors (Lipinski definition) is 6. The van der Waals surface area contributed by atoms with E-state index in [4.69, 9.17) is 14.2 Å². The molecular formula is C19H22O6. The molecule has 0 spiro atoms. The number of carbonyl (C=O) groups excluding carboxylic acids is 2. The molecule has 0 saturated carbocycles. The van der Waals surface area contributed by atoms with Crippen LogP contribution < -0.4 is 0 Å². The number of fused-ring (bicyclic) bond motifs is 2. The highest BCUT2D eigenvalue weighted by atomic mass is 16.7. The van der Waals surface area contributed by atoms with E-state index >= 15 is 0 Å². The fourth-order valence-electron chi connectivity index (χ4n) is 4.48. The Kier molecular flexibility index (Phi) is 3.76. The lowest BCUT2D eigenvalue weighted by Gasteiger charge is -2.36. The summed E-state index contributed by atoms with van der Waals surface area (Å²) in [6, 6.07) is 0. The standard InChI is InChI=1S/C19H22O6/c1-10-6-14(24-17(10)21)23-8-13-12-7-11-4-3-5-19(2,9-20)15(11)16(12)25-18(13)22/h6,8,12,14,16,20H,3-5,7,9H2,1-2H3/b13-8+/t12-,14+,16+,19+/m1/s1. The Balaban J connectivity index is 1.56. The fraction of sp³-hybridized carbons (Fsp3) is 0.579. The van der Waals surface area contributed by atoms with Gasteiger partial charge in [0.1, 0.15) is 6.10 Å². The second kappa shape index (κ2) is 5.73. The zero-order chi connectivity index (χ0) is 17.8. The maximum Gasteiger partial charge on any atom is 0.338 e. The minimum absolute atomic E-state index is 0.0598. The summed E-state index contributed by atoms with van der Waals surface area (Å²) in [6.07, 6.45) is 5.56. The van der Waals surface area contributed by atoms with Gasteiger partial charge in [-0.25, -0.2) is 9.59 Å². The molecule has 0 unspecified atom stereocenters. The fourth-order valence-corrected chi connectivity index (χ4v) is 4.48. The number of esters is 2. The van der Waals surface area contributed by atoms with Crippen molar-refractivity contribution in [3.63, 3.8) is 0 Å². The van der Waals surface area contributed by atoms with Crippen LogP contribution in [-0.2, 0) is 23.8 Å². The Morgan fingerprint density at radius 1 is 1.36 bits per heavy atom. The second-order valence-electron chi connectivity index (χ2n) is 7.56. The summed E-state index contributed by atoms with van der Waals surface area (Å²) >= 11 is 0. The minimum atomic E-state index is -0.793. The molecule has 25 heavy (non-hydrogen) atoms. The van der Waals surface area contributed by atoms with Crippen LogP contribution >= 0.6 is 0 Å². The molecule has 2 aliphatic carbocycles. The van der Waals surface area contributed by atoms with Crippen molar-refractivity contribution in [1.29, 1.82) is 0 Å². The van der Waals surface area contributed by atoms with E-state index in [0.29, 0.717) is 11.1 Å². The number of hydrogen-bond donors (Lipinski definition) is 1. The first-order chi connectivity index (χ1) is 11.9. The summed E-state index contributed by atoms with van der Waals surface area (Å²) in [5.41, 5.74) is 3.07. The number of ether oxygens (including phenoxy) is 3. The first kappa shape index (κ1) is 16.4. The van der Waals surface area contributed by atoms with E-state index in [1.165, 1.54) is 11.8 Å². The average Bonchev–Trinajstić information content (AvgIpc) is 3.18. The van der Waals surface area contributed by atoms with Crippen molar-refractivity contribution >= 4 is 11.9 Å². The van der Waals surface area contributed by atoms with Gasteiger partial charge in [0.2, 0.25) is 0 Å². The summed E-state index contributed by atoms with van der Waals surface area (Å²) in [5, 5.41) is 9.88. The van der Waals surface area contributed by atoms with E-state index in [2.05, 4.69) is 0 Å². The molecule has 2 heterocycles. The van der Waals surface area contributed by atoms with Crippen molar-refractivity contribution in [3.8, 4) is 0 Å². The van der Waals surface area contributed by atoms with E-state index in [0.717, 1.165) is 31.3 Å². The van der Waals surface area contributed by atoms with Gasteiger partial charge in [-0.3, -0.25) is 0 Å². The van der Waals surface area contributed by atoms with Crippen LogP contribution in [0.1, 0.15) is 39.5 Å². The molecule has 4 rings (SSSR count). The Hall–Kier alpha value is -2.08. The van der Waals surface area contributed by atoms with Crippen LogP contribution in [-0.4, -0.2) is 36.0 Å². The molecule has 134 valence electrons. The molecule has 0 aromatic carbocycles. The molecule has 2 aliphatic heterocycles. The predicted octanol–water partition coefficient (Wildman–Crippen LogP) is 2.14. The molecule has 6 nitrogen and oxygen atoms in total. The lowest BCUT2D eigenvalue weighted by atomic mass is 9.71. The maximum absolute atomic E-state index is 12.3. The second-order valence-corrected chi connectivity index (χ2v) is 7.56. The van der Waals surface area contributed by atoms with Crippen LogP contribution in [0.2, 0.25) is 0 Å². The highest BCUT2D eigenvalue weighted by Crippen LogP contribution is 2.54. The van der Waals surface area contributed by atoms with E-state index in [-0.39, 0.29) is 24.0 Å². The van der Waals surface area contributed by atoms with Gasteiger partial charge in [-0.05, 0) is 38.2 Å². The van der Waals surface area contributed by atoms with E-state index in [9.17, 15) is 14.7 Å². The number of aliphatic hydroxyl groups excluding tert-OH is 1. The SMILES string of the molecule is CC1=C[C@@H](O/C=C2/C(=O)O[C@@H]3C4=C(CCC[C@@]4(C)CO)C[C@H]23)OC1=O. The Bertz CT molecular complexity index is 730. The molecule has 0 amide bonds. The van der Waals surface area contributed by atoms with Crippen molar-refractivity contribution in [3.05, 3.63) is 34.6 Å². The lowest BCUT2D eigenvalue weighted by molar-refractivity contribution is -0.152. The summed E-state index contributed by atoms with van der Waals surface area (Å²) < 4.78 is 16.2. The van der Waals surface area contributed by atoms with Gasteiger partial charge in [-0.2, -0.15) is 0 Å². The van der Waals surface area contributed by atoms with Crippen LogP contribution in [0.25, 0.3) is 0 Å². The van der Waals surface area contributed by atoms with Crippen molar-refractivity contribution in [2.75, 3.05) is 6.61 Å². The van der Waals surface area contributed by atoms with Crippen LogP contribution in [0.3, 0.4) is 0 Å². The molecule has 4 aliphatic rings. The maximum atomic E-state index is 12.3. The molecule has 1 saturated heterocycles. The van der Waals surface area contributed by atoms with Gasteiger partial charge in [-0.1, -0.05) is 12.5 Å². The largest absolute Gasteiger partial charge is 0.458 e. The summed E-state index contributed by atoms with van der Waals surface area (Å²) in [4.78, 5) is 23.7. The van der Waals surface area contributed by atoms with Gasteiger partial charge in [0.15, 0.2) is 0 Å². The molecule has 1 fully saturated rings. The minimum Gasteiger partial charge on any atom is -0.458 e.